The fourth-order valence-corrected chi connectivity index (χ4v) is 1.83. The first-order chi connectivity index (χ1) is 11.1. The van der Waals surface area contributed by atoms with Crippen molar-refractivity contribution in [3.63, 3.8) is 0 Å². The van der Waals surface area contributed by atoms with Gasteiger partial charge in [-0.05, 0) is 25.1 Å². The van der Waals surface area contributed by atoms with Crippen molar-refractivity contribution in [1.82, 2.24) is 5.16 Å². The lowest BCUT2D eigenvalue weighted by Crippen LogP contribution is -2.22. The van der Waals surface area contributed by atoms with Crippen LogP contribution in [0, 0.1) is 6.92 Å². The average molecular weight is 318 g/mol. The molecule has 0 saturated carbocycles. The molecular formula is C15H18N4O4. The fraction of sp³-hybridized carbons (Fsp3) is 0.267. The van der Waals surface area contributed by atoms with Gasteiger partial charge in [0.05, 0.1) is 6.54 Å². The minimum absolute atomic E-state index is 0.0167. The summed E-state index contributed by atoms with van der Waals surface area (Å²) in [5.74, 6) is 0.485. The molecule has 8 nitrogen and oxygen atoms in total. The Labute approximate surface area is 133 Å². The number of anilines is 3. The summed E-state index contributed by atoms with van der Waals surface area (Å²) < 4.78 is 9.61. The number of ether oxygens (including phenoxy) is 1. The number of nitrogens with one attached hydrogen (secondary N) is 3. The minimum Gasteiger partial charge on any atom is -0.376 e. The molecule has 0 spiro atoms. The van der Waals surface area contributed by atoms with Gasteiger partial charge in [-0.2, -0.15) is 0 Å². The van der Waals surface area contributed by atoms with Crippen molar-refractivity contribution in [3.05, 3.63) is 36.1 Å². The third-order valence-electron chi connectivity index (χ3n) is 2.77. The molecule has 1 aromatic heterocycles. The summed E-state index contributed by atoms with van der Waals surface area (Å²) in [6.45, 7) is 1.78. The second-order valence-corrected chi connectivity index (χ2v) is 4.79. The number of hydrogen-bond donors (Lipinski definition) is 3. The van der Waals surface area contributed by atoms with Gasteiger partial charge in [-0.1, -0.05) is 11.2 Å². The number of nitrogens with zero attached hydrogens (tertiary/aromatic N) is 1. The molecular weight excluding hydrogens is 300 g/mol. The molecule has 0 atom stereocenters. The Kier molecular flexibility index (Phi) is 5.70. The van der Waals surface area contributed by atoms with Crippen molar-refractivity contribution < 1.29 is 18.8 Å². The Morgan fingerprint density at radius 1 is 1.17 bits per heavy atom. The summed E-state index contributed by atoms with van der Waals surface area (Å²) in [4.78, 5) is 23.3. The van der Waals surface area contributed by atoms with E-state index >= 15 is 0 Å². The first-order valence-corrected chi connectivity index (χ1v) is 6.92. The van der Waals surface area contributed by atoms with Crippen LogP contribution in [0.15, 0.2) is 34.9 Å². The highest BCUT2D eigenvalue weighted by Crippen LogP contribution is 2.15. The lowest BCUT2D eigenvalue weighted by molar-refractivity contribution is -0.119. The van der Waals surface area contributed by atoms with Crippen LogP contribution in [0.4, 0.5) is 17.2 Å². The van der Waals surface area contributed by atoms with E-state index in [1.54, 1.807) is 37.3 Å². The van der Waals surface area contributed by atoms with Gasteiger partial charge in [-0.25, -0.2) is 0 Å². The van der Waals surface area contributed by atoms with Crippen LogP contribution in [0.1, 0.15) is 5.76 Å². The van der Waals surface area contributed by atoms with E-state index in [0.717, 1.165) is 0 Å². The van der Waals surface area contributed by atoms with E-state index in [-0.39, 0.29) is 25.0 Å². The maximum Gasteiger partial charge on any atom is 0.250 e. The molecule has 2 amide bonds. The van der Waals surface area contributed by atoms with E-state index in [9.17, 15) is 9.59 Å². The van der Waals surface area contributed by atoms with E-state index in [1.807, 2.05) is 0 Å². The van der Waals surface area contributed by atoms with Crippen LogP contribution in [0.25, 0.3) is 0 Å². The minimum atomic E-state index is -0.257. The standard InChI is InChI=1S/C15H18N4O4/c1-10-6-13(19-23-10)18-14(20)8-16-11-4-3-5-12(7-11)17-15(21)9-22-2/h3-7,16H,8-9H2,1-2H3,(H,17,21)(H,18,19,20). The molecule has 23 heavy (non-hydrogen) atoms. The van der Waals surface area contributed by atoms with Gasteiger partial charge in [0.15, 0.2) is 5.82 Å². The van der Waals surface area contributed by atoms with E-state index in [1.165, 1.54) is 7.11 Å². The number of amides is 2. The Bertz CT molecular complexity index is 684. The molecule has 3 N–H and O–H groups in total. The Balaban J connectivity index is 1.85. The molecule has 8 heteroatoms. The van der Waals surface area contributed by atoms with Crippen LogP contribution < -0.4 is 16.0 Å². The van der Waals surface area contributed by atoms with Gasteiger partial charge in [0.25, 0.3) is 0 Å². The molecule has 0 aliphatic heterocycles. The molecule has 0 fully saturated rings. The molecule has 1 heterocycles. The van der Waals surface area contributed by atoms with Crippen molar-refractivity contribution in [2.45, 2.75) is 6.92 Å². The Hall–Kier alpha value is -2.87. The smallest absolute Gasteiger partial charge is 0.250 e. The number of benzene rings is 1. The number of aryl methyl sites for hydroxylation is 1. The summed E-state index contributed by atoms with van der Waals surface area (Å²) in [5.41, 5.74) is 1.32. The highest BCUT2D eigenvalue weighted by Gasteiger charge is 2.07. The summed E-state index contributed by atoms with van der Waals surface area (Å²) in [6, 6.07) is 8.66. The van der Waals surface area contributed by atoms with Crippen molar-refractivity contribution in [2.24, 2.45) is 0 Å². The monoisotopic (exact) mass is 318 g/mol. The number of carbonyl (C=O) groups is 2. The van der Waals surface area contributed by atoms with Gasteiger partial charge in [-0.15, -0.1) is 0 Å². The van der Waals surface area contributed by atoms with Crippen molar-refractivity contribution in [2.75, 3.05) is 36.2 Å². The summed E-state index contributed by atoms with van der Waals surface area (Å²) in [7, 11) is 1.45. The number of hydrogen-bond acceptors (Lipinski definition) is 6. The summed E-state index contributed by atoms with van der Waals surface area (Å²) >= 11 is 0. The van der Waals surface area contributed by atoms with Crippen LogP contribution in [-0.2, 0) is 14.3 Å². The van der Waals surface area contributed by atoms with Crippen LogP contribution >= 0.6 is 0 Å². The molecule has 0 aliphatic carbocycles. The number of aromatic nitrogens is 1. The molecule has 1 aromatic carbocycles. The van der Waals surface area contributed by atoms with Gasteiger partial charge in [0.1, 0.15) is 12.4 Å². The molecule has 0 bridgehead atoms. The third kappa shape index (κ3) is 5.44. The van der Waals surface area contributed by atoms with E-state index < -0.39 is 0 Å². The first-order valence-electron chi connectivity index (χ1n) is 6.92. The lowest BCUT2D eigenvalue weighted by atomic mass is 10.2. The van der Waals surface area contributed by atoms with Gasteiger partial charge >= 0.3 is 0 Å². The number of carbonyl (C=O) groups excluding carboxylic acids is 2. The summed E-state index contributed by atoms with van der Waals surface area (Å²) in [6.07, 6.45) is 0. The molecule has 0 unspecified atom stereocenters. The SMILES string of the molecule is COCC(=O)Nc1cccc(NCC(=O)Nc2cc(C)on2)c1. The highest BCUT2D eigenvalue weighted by molar-refractivity contribution is 5.94. The van der Waals surface area contributed by atoms with E-state index in [4.69, 9.17) is 9.26 Å². The Morgan fingerprint density at radius 3 is 2.65 bits per heavy atom. The van der Waals surface area contributed by atoms with Crippen LogP contribution in [-0.4, -0.2) is 37.2 Å². The molecule has 0 radical (unpaired) electrons. The van der Waals surface area contributed by atoms with Gasteiger partial charge < -0.3 is 25.2 Å². The van der Waals surface area contributed by atoms with E-state index in [0.29, 0.717) is 23.0 Å². The highest BCUT2D eigenvalue weighted by atomic mass is 16.5. The van der Waals surface area contributed by atoms with Gasteiger partial charge in [0.2, 0.25) is 11.8 Å². The lowest BCUT2D eigenvalue weighted by Gasteiger charge is -2.09. The topological polar surface area (TPSA) is 105 Å². The first kappa shape index (κ1) is 16.5. The normalized spacial score (nSPS) is 10.2. The van der Waals surface area contributed by atoms with Gasteiger partial charge in [-0.3, -0.25) is 9.59 Å². The second-order valence-electron chi connectivity index (χ2n) is 4.79. The molecule has 2 rings (SSSR count). The predicted molar refractivity (Wildman–Crippen MR) is 85.3 cm³/mol. The average Bonchev–Trinajstić information content (AvgIpc) is 2.91. The molecule has 122 valence electrons. The van der Waals surface area contributed by atoms with E-state index in [2.05, 4.69) is 21.1 Å². The maximum atomic E-state index is 11.8. The zero-order valence-electron chi connectivity index (χ0n) is 12.9. The maximum absolute atomic E-state index is 11.8. The second kappa shape index (κ2) is 7.95. The number of rotatable bonds is 7. The van der Waals surface area contributed by atoms with Crippen LogP contribution in [0.5, 0.6) is 0 Å². The summed E-state index contributed by atoms with van der Waals surface area (Å²) in [5, 5.41) is 11.9. The van der Waals surface area contributed by atoms with Crippen LogP contribution in [0.3, 0.4) is 0 Å². The van der Waals surface area contributed by atoms with Crippen molar-refractivity contribution >= 4 is 29.0 Å². The van der Waals surface area contributed by atoms with Gasteiger partial charge in [0, 0.05) is 24.6 Å². The predicted octanol–water partition coefficient (Wildman–Crippen LogP) is 1.62. The number of methoxy groups -OCH3 is 1. The van der Waals surface area contributed by atoms with Crippen LogP contribution in [0.2, 0.25) is 0 Å². The Morgan fingerprint density at radius 2 is 1.96 bits per heavy atom. The fourth-order valence-electron chi connectivity index (χ4n) is 1.83. The molecule has 0 aliphatic rings. The zero-order chi connectivity index (χ0) is 16.7. The van der Waals surface area contributed by atoms with Crippen molar-refractivity contribution in [1.29, 1.82) is 0 Å². The van der Waals surface area contributed by atoms with Crippen molar-refractivity contribution in [3.8, 4) is 0 Å². The zero-order valence-corrected chi connectivity index (χ0v) is 12.9. The largest absolute Gasteiger partial charge is 0.376 e. The quantitative estimate of drug-likeness (QED) is 0.716. The third-order valence-corrected chi connectivity index (χ3v) is 2.77. The molecule has 2 aromatic rings. The molecule has 0 saturated heterocycles.